The Bertz CT molecular complexity index is 1190. The maximum atomic E-state index is 12.7. The largest absolute Gasteiger partial charge is 0.308 e. The first-order chi connectivity index (χ1) is 14.0. The van der Waals surface area contributed by atoms with E-state index in [1.807, 2.05) is 30.3 Å². The highest BCUT2D eigenvalue weighted by Crippen LogP contribution is 2.23. The Kier molecular flexibility index (Phi) is 5.99. The number of thiazole rings is 1. The van der Waals surface area contributed by atoms with Crippen LogP contribution in [0.25, 0.3) is 10.2 Å². The molecule has 0 bridgehead atoms. The number of hydrogen-bond donors (Lipinski definition) is 1. The van der Waals surface area contributed by atoms with Crippen molar-refractivity contribution in [2.45, 2.75) is 43.5 Å². The van der Waals surface area contributed by atoms with Gasteiger partial charge in [0.1, 0.15) is 0 Å². The van der Waals surface area contributed by atoms with Crippen molar-refractivity contribution in [3.05, 3.63) is 75.4 Å². The van der Waals surface area contributed by atoms with Gasteiger partial charge in [0.05, 0.1) is 21.7 Å². The third kappa shape index (κ3) is 4.69. The summed E-state index contributed by atoms with van der Waals surface area (Å²) in [4.78, 5) is 12.6. The molecule has 0 saturated heterocycles. The number of hydrogen-bond acceptors (Lipinski definition) is 4. The van der Waals surface area contributed by atoms with Crippen molar-refractivity contribution < 1.29 is 8.42 Å². The molecule has 3 aromatic rings. The molecule has 0 amide bonds. The van der Waals surface area contributed by atoms with Crippen LogP contribution in [0.2, 0.25) is 0 Å². The highest BCUT2D eigenvalue weighted by molar-refractivity contribution is 7.89. The van der Waals surface area contributed by atoms with Gasteiger partial charge < -0.3 is 0 Å². The highest BCUT2D eigenvalue weighted by Gasteiger charge is 2.17. The number of allylic oxidation sites excluding steroid dienone is 1. The van der Waals surface area contributed by atoms with Gasteiger partial charge in [0.2, 0.25) is 10.0 Å². The molecule has 0 spiro atoms. The first kappa shape index (κ1) is 20.1. The third-order valence-corrected chi connectivity index (χ3v) is 7.66. The van der Waals surface area contributed by atoms with Crippen LogP contribution in [0, 0.1) is 0 Å². The summed E-state index contributed by atoms with van der Waals surface area (Å²) in [6.45, 7) is 0.872. The summed E-state index contributed by atoms with van der Waals surface area (Å²) < 4.78 is 30.5. The Balaban J connectivity index is 1.52. The van der Waals surface area contributed by atoms with E-state index in [-0.39, 0.29) is 9.77 Å². The molecule has 0 radical (unpaired) electrons. The summed E-state index contributed by atoms with van der Waals surface area (Å²) in [6, 6.07) is 14.7. The lowest BCUT2D eigenvalue weighted by molar-refractivity contribution is 0.579. The van der Waals surface area contributed by atoms with Crippen molar-refractivity contribution in [1.82, 2.24) is 9.29 Å². The SMILES string of the molecule is O=c1sc2cc(S(=O)(=O)NCCC3=CCCCC3)ccc2n1Cc1ccccc1. The van der Waals surface area contributed by atoms with Gasteiger partial charge in [0, 0.05) is 6.54 Å². The summed E-state index contributed by atoms with van der Waals surface area (Å²) in [5.41, 5.74) is 3.13. The van der Waals surface area contributed by atoms with E-state index in [9.17, 15) is 13.2 Å². The van der Waals surface area contributed by atoms with Crippen molar-refractivity contribution in [1.29, 1.82) is 0 Å². The summed E-state index contributed by atoms with van der Waals surface area (Å²) in [6.07, 6.45) is 7.56. The molecule has 1 aliphatic carbocycles. The Morgan fingerprint density at radius 1 is 1.07 bits per heavy atom. The van der Waals surface area contributed by atoms with E-state index in [0.717, 1.165) is 41.7 Å². The molecule has 1 N–H and O–H groups in total. The van der Waals surface area contributed by atoms with Crippen molar-refractivity contribution in [3.63, 3.8) is 0 Å². The van der Waals surface area contributed by atoms with Crippen LogP contribution in [-0.2, 0) is 16.6 Å². The normalized spacial score (nSPS) is 14.8. The Hall–Kier alpha value is -2.22. The highest BCUT2D eigenvalue weighted by atomic mass is 32.2. The summed E-state index contributed by atoms with van der Waals surface area (Å²) >= 11 is 1.08. The quantitative estimate of drug-likeness (QED) is 0.571. The second-order valence-electron chi connectivity index (χ2n) is 7.33. The Morgan fingerprint density at radius 2 is 1.90 bits per heavy atom. The Labute approximate surface area is 174 Å². The van der Waals surface area contributed by atoms with Gasteiger partial charge in [-0.15, -0.1) is 0 Å². The predicted octanol–water partition coefficient (Wildman–Crippen LogP) is 4.28. The predicted molar refractivity (Wildman–Crippen MR) is 118 cm³/mol. The van der Waals surface area contributed by atoms with Crippen LogP contribution < -0.4 is 9.60 Å². The summed E-state index contributed by atoms with van der Waals surface area (Å²) in [5.74, 6) is 0. The minimum atomic E-state index is -3.60. The van der Waals surface area contributed by atoms with E-state index in [4.69, 9.17) is 0 Å². The van der Waals surface area contributed by atoms with E-state index in [1.165, 1.54) is 18.4 Å². The molecule has 0 atom stereocenters. The molecule has 1 aliphatic rings. The van der Waals surface area contributed by atoms with Gasteiger partial charge in [-0.3, -0.25) is 9.36 Å². The molecule has 0 unspecified atom stereocenters. The van der Waals surface area contributed by atoms with Crippen molar-refractivity contribution in [3.8, 4) is 0 Å². The monoisotopic (exact) mass is 428 g/mol. The van der Waals surface area contributed by atoms with Crippen molar-refractivity contribution in [2.75, 3.05) is 6.54 Å². The molecule has 1 heterocycles. The number of nitrogens with zero attached hydrogens (tertiary/aromatic N) is 1. The Morgan fingerprint density at radius 3 is 2.66 bits per heavy atom. The van der Waals surface area contributed by atoms with Crippen LogP contribution in [-0.4, -0.2) is 19.5 Å². The van der Waals surface area contributed by atoms with E-state index in [2.05, 4.69) is 10.8 Å². The minimum Gasteiger partial charge on any atom is -0.294 e. The fourth-order valence-electron chi connectivity index (χ4n) is 3.69. The number of nitrogens with one attached hydrogen (secondary N) is 1. The fourth-order valence-corrected chi connectivity index (χ4v) is 5.75. The smallest absolute Gasteiger partial charge is 0.294 e. The van der Waals surface area contributed by atoms with Crippen LogP contribution in [0.4, 0.5) is 0 Å². The third-order valence-electron chi connectivity index (χ3n) is 5.26. The van der Waals surface area contributed by atoms with E-state index in [1.54, 1.807) is 22.8 Å². The molecule has 29 heavy (non-hydrogen) atoms. The number of sulfonamides is 1. The molecule has 4 rings (SSSR count). The minimum absolute atomic E-state index is 0.0874. The number of fused-ring (bicyclic) bond motifs is 1. The molecule has 5 nitrogen and oxygen atoms in total. The second kappa shape index (κ2) is 8.65. The van der Waals surface area contributed by atoms with Gasteiger partial charge in [0.15, 0.2) is 0 Å². The molecule has 152 valence electrons. The van der Waals surface area contributed by atoms with Gasteiger partial charge >= 0.3 is 4.87 Å². The molecule has 1 aromatic heterocycles. The molecule has 0 saturated carbocycles. The zero-order valence-electron chi connectivity index (χ0n) is 16.1. The van der Waals surface area contributed by atoms with Gasteiger partial charge in [-0.1, -0.05) is 53.3 Å². The van der Waals surface area contributed by atoms with E-state index in [0.29, 0.717) is 17.8 Å². The van der Waals surface area contributed by atoms with Gasteiger partial charge in [0.25, 0.3) is 0 Å². The maximum absolute atomic E-state index is 12.7. The van der Waals surface area contributed by atoms with Crippen LogP contribution >= 0.6 is 11.3 Å². The zero-order chi connectivity index (χ0) is 20.3. The average Bonchev–Trinajstić information content (AvgIpc) is 3.04. The van der Waals surface area contributed by atoms with E-state index >= 15 is 0 Å². The van der Waals surface area contributed by atoms with E-state index < -0.39 is 10.0 Å². The molecule has 0 aliphatic heterocycles. The number of aromatic nitrogens is 1. The van der Waals surface area contributed by atoms with Gasteiger partial charge in [-0.2, -0.15) is 0 Å². The molecule has 2 aromatic carbocycles. The summed E-state index contributed by atoms with van der Waals surface area (Å²) in [5, 5.41) is 0. The number of rotatable bonds is 7. The molecule has 0 fully saturated rings. The second-order valence-corrected chi connectivity index (χ2v) is 10.1. The lowest BCUT2D eigenvalue weighted by atomic mass is 9.97. The van der Waals surface area contributed by atoms with Crippen molar-refractivity contribution >= 4 is 31.6 Å². The van der Waals surface area contributed by atoms with Gasteiger partial charge in [-0.25, -0.2) is 13.1 Å². The average molecular weight is 429 g/mol. The number of benzene rings is 2. The fraction of sp³-hybridized carbons (Fsp3) is 0.318. The molecule has 7 heteroatoms. The standard InChI is InChI=1S/C22H24N2O3S2/c25-22-24(16-18-9-5-2-6-10-18)20-12-11-19(15-21(20)28-22)29(26,27)23-14-13-17-7-3-1-4-8-17/h2,5-7,9-12,15,23H,1,3-4,8,13-14,16H2. The van der Waals surface area contributed by atoms with Crippen LogP contribution in [0.15, 0.2) is 69.9 Å². The topological polar surface area (TPSA) is 68.2 Å². The lowest BCUT2D eigenvalue weighted by Gasteiger charge is -2.13. The lowest BCUT2D eigenvalue weighted by Crippen LogP contribution is -2.25. The van der Waals surface area contributed by atoms with Crippen LogP contribution in [0.5, 0.6) is 0 Å². The van der Waals surface area contributed by atoms with Crippen molar-refractivity contribution in [2.24, 2.45) is 0 Å². The first-order valence-corrected chi connectivity index (χ1v) is 12.2. The van der Waals surface area contributed by atoms with Gasteiger partial charge in [-0.05, 0) is 55.9 Å². The summed E-state index contributed by atoms with van der Waals surface area (Å²) in [7, 11) is -3.60. The molecular weight excluding hydrogens is 404 g/mol. The zero-order valence-corrected chi connectivity index (χ0v) is 17.8. The first-order valence-electron chi connectivity index (χ1n) is 9.88. The van der Waals surface area contributed by atoms with Crippen LogP contribution in [0.3, 0.4) is 0 Å². The van der Waals surface area contributed by atoms with Crippen LogP contribution in [0.1, 0.15) is 37.7 Å². The maximum Gasteiger partial charge on any atom is 0.308 e. The molecular formula is C22H24N2O3S2.